The van der Waals surface area contributed by atoms with Crippen molar-refractivity contribution in [2.75, 3.05) is 0 Å². The molecular formula is C4H3NO. The van der Waals surface area contributed by atoms with E-state index < -0.39 is 0 Å². The third-order valence-electron chi connectivity index (χ3n) is 0.402. The summed E-state index contributed by atoms with van der Waals surface area (Å²) in [4.78, 5) is 0. The van der Waals surface area contributed by atoms with Gasteiger partial charge in [-0.2, -0.15) is 0 Å². The van der Waals surface area contributed by atoms with Crippen molar-refractivity contribution in [3.8, 4) is 0 Å². The van der Waals surface area contributed by atoms with Gasteiger partial charge < -0.3 is 10.1 Å². The van der Waals surface area contributed by atoms with E-state index in [1.807, 2.05) is 0 Å². The van der Waals surface area contributed by atoms with E-state index in [9.17, 15) is 0 Å². The van der Waals surface area contributed by atoms with Gasteiger partial charge in [-0.1, -0.05) is 0 Å². The molecule has 1 aliphatic heterocycles. The molecular weight excluding hydrogens is 78.0 g/mol. The average Bonchev–Trinajstić information content (AvgIpc) is 1.72. The zero-order valence-corrected chi connectivity index (χ0v) is 3.06. The lowest BCUT2D eigenvalue weighted by Crippen LogP contribution is -2.05. The van der Waals surface area contributed by atoms with E-state index >= 15 is 0 Å². The van der Waals surface area contributed by atoms with Gasteiger partial charge in [-0.15, -0.1) is 0 Å². The molecule has 30 valence electrons. The maximum atomic E-state index is 4.47. The first-order valence-electron chi connectivity index (χ1n) is 1.56. The fourth-order valence-corrected chi connectivity index (χ4v) is 0.203. The van der Waals surface area contributed by atoms with Gasteiger partial charge in [0.05, 0.1) is 0 Å². The van der Waals surface area contributed by atoms with Crippen LogP contribution in [0.2, 0.25) is 0 Å². The molecule has 0 unspecified atom stereocenters. The van der Waals surface area contributed by atoms with Crippen LogP contribution in [0.1, 0.15) is 0 Å². The highest BCUT2D eigenvalue weighted by Crippen LogP contribution is 1.89. The summed E-state index contributed by atoms with van der Waals surface area (Å²) in [6.07, 6.45) is 3.10. The van der Waals surface area contributed by atoms with E-state index in [1.165, 1.54) is 6.26 Å². The smallest absolute Gasteiger partial charge is 0.228 e. The lowest BCUT2D eigenvalue weighted by atomic mass is 10.6. The van der Waals surface area contributed by atoms with E-state index in [0.29, 0.717) is 0 Å². The topological polar surface area (TPSA) is 21.3 Å². The zero-order valence-electron chi connectivity index (χ0n) is 3.06. The van der Waals surface area contributed by atoms with Gasteiger partial charge in [0, 0.05) is 6.20 Å². The summed E-state index contributed by atoms with van der Waals surface area (Å²) in [7, 11) is 0. The Morgan fingerprint density at radius 2 is 2.67 bits per heavy atom. The van der Waals surface area contributed by atoms with Crippen LogP contribution in [-0.2, 0) is 4.74 Å². The molecule has 0 aromatic rings. The molecule has 0 aliphatic carbocycles. The molecule has 0 amide bonds. The summed E-state index contributed by atoms with van der Waals surface area (Å²) in [6, 6.07) is 0. The summed E-state index contributed by atoms with van der Waals surface area (Å²) in [5, 5.41) is 2.62. The molecule has 1 rings (SSSR count). The largest absolute Gasteiger partial charge is 0.482 e. The first-order chi connectivity index (χ1) is 3.00. The quantitative estimate of drug-likeness (QED) is 0.448. The number of rotatable bonds is 0. The molecule has 0 aromatic carbocycles. The fourth-order valence-electron chi connectivity index (χ4n) is 0.203. The van der Waals surface area contributed by atoms with Crippen LogP contribution >= 0.6 is 0 Å². The lowest BCUT2D eigenvalue weighted by molar-refractivity contribution is 0.328. The van der Waals surface area contributed by atoms with Gasteiger partial charge in [-0.05, 0) is 0 Å². The van der Waals surface area contributed by atoms with E-state index in [0.717, 1.165) is 0 Å². The Morgan fingerprint density at radius 3 is 2.83 bits per heavy atom. The molecule has 0 saturated heterocycles. The lowest BCUT2D eigenvalue weighted by Gasteiger charge is -2.00. The first kappa shape index (κ1) is 3.53. The van der Waals surface area contributed by atoms with E-state index in [2.05, 4.69) is 23.2 Å². The molecule has 0 fully saturated rings. The second kappa shape index (κ2) is 1.70. The molecule has 2 nitrogen and oxygen atoms in total. The number of hydrogen-bond donors (Lipinski definition) is 1. The Hall–Kier alpha value is -0.660. The van der Waals surface area contributed by atoms with Crippen molar-refractivity contribution in [1.29, 1.82) is 0 Å². The first-order valence-corrected chi connectivity index (χ1v) is 1.56. The molecule has 0 saturated carbocycles. The van der Waals surface area contributed by atoms with Gasteiger partial charge in [-0.3, -0.25) is 0 Å². The average molecular weight is 81.1 g/mol. The zero-order chi connectivity index (χ0) is 4.24. The van der Waals surface area contributed by atoms with Gasteiger partial charge in [0.2, 0.25) is 6.61 Å². The molecule has 0 bridgehead atoms. The summed E-state index contributed by atoms with van der Waals surface area (Å²) < 4.78 is 4.47. The van der Waals surface area contributed by atoms with Crippen molar-refractivity contribution >= 4 is 0 Å². The molecule has 1 heterocycles. The number of hydrogen-bond acceptors (Lipinski definition) is 2. The normalized spacial score (nSPS) is 18.7. The molecule has 0 atom stereocenters. The van der Waals surface area contributed by atoms with Gasteiger partial charge in [-0.25, -0.2) is 0 Å². The van der Waals surface area contributed by atoms with Crippen molar-refractivity contribution in [3.05, 3.63) is 25.6 Å². The Labute approximate surface area is 36.8 Å². The maximum Gasteiger partial charge on any atom is 0.228 e. The van der Waals surface area contributed by atoms with Crippen LogP contribution in [-0.4, -0.2) is 0 Å². The van der Waals surface area contributed by atoms with Crippen LogP contribution in [0.15, 0.2) is 12.5 Å². The monoisotopic (exact) mass is 81.0 g/mol. The SMILES string of the molecule is [C]1[C]OC=CN1. The standard InChI is InChI=1S/C4H3NO/c1-3-6-4-2-5-1/h1,3,5H. The highest BCUT2D eigenvalue weighted by Gasteiger charge is 1.89. The number of ether oxygens (including phenoxy) is 1. The summed E-state index contributed by atoms with van der Waals surface area (Å²) >= 11 is 0. The molecule has 1 aliphatic rings. The van der Waals surface area contributed by atoms with Crippen LogP contribution < -0.4 is 5.32 Å². The van der Waals surface area contributed by atoms with E-state index in [4.69, 9.17) is 0 Å². The van der Waals surface area contributed by atoms with Crippen molar-refractivity contribution in [3.63, 3.8) is 0 Å². The highest BCUT2D eigenvalue weighted by molar-refractivity contribution is 4.88. The van der Waals surface area contributed by atoms with Crippen molar-refractivity contribution in [1.82, 2.24) is 5.32 Å². The van der Waals surface area contributed by atoms with E-state index in [-0.39, 0.29) is 0 Å². The molecule has 0 spiro atoms. The second-order valence-electron chi connectivity index (χ2n) is 0.792. The third-order valence-corrected chi connectivity index (χ3v) is 0.402. The second-order valence-corrected chi connectivity index (χ2v) is 0.792. The predicted molar refractivity (Wildman–Crippen MR) is 19.8 cm³/mol. The predicted octanol–water partition coefficient (Wildman–Crippen LogP) is 0.155. The number of nitrogens with one attached hydrogen (secondary N) is 1. The van der Waals surface area contributed by atoms with Crippen LogP contribution in [0.5, 0.6) is 0 Å². The summed E-state index contributed by atoms with van der Waals surface area (Å²) in [5.74, 6) is 0. The van der Waals surface area contributed by atoms with Crippen LogP contribution in [0.25, 0.3) is 0 Å². The Morgan fingerprint density at radius 1 is 1.67 bits per heavy atom. The van der Waals surface area contributed by atoms with Crippen molar-refractivity contribution < 1.29 is 4.74 Å². The Kier molecular flexibility index (Phi) is 0.998. The van der Waals surface area contributed by atoms with Gasteiger partial charge in [0.15, 0.2) is 0 Å². The molecule has 1 N–H and O–H groups in total. The third kappa shape index (κ3) is 0.641. The maximum absolute atomic E-state index is 4.47. The van der Waals surface area contributed by atoms with Crippen LogP contribution in [0.4, 0.5) is 0 Å². The van der Waals surface area contributed by atoms with Crippen molar-refractivity contribution in [2.45, 2.75) is 0 Å². The summed E-state index contributed by atoms with van der Waals surface area (Å²) in [5.41, 5.74) is 0. The van der Waals surface area contributed by atoms with Crippen molar-refractivity contribution in [2.24, 2.45) is 0 Å². The highest BCUT2D eigenvalue weighted by atomic mass is 16.5. The van der Waals surface area contributed by atoms with Gasteiger partial charge >= 0.3 is 0 Å². The Bertz CT molecular complexity index is 52.6. The Balaban J connectivity index is 2.26. The van der Waals surface area contributed by atoms with E-state index in [1.54, 1.807) is 6.20 Å². The molecule has 4 radical (unpaired) electrons. The minimum atomic E-state index is 1.48. The summed E-state index contributed by atoms with van der Waals surface area (Å²) in [6.45, 7) is 4.81. The van der Waals surface area contributed by atoms with Crippen LogP contribution in [0.3, 0.4) is 0 Å². The van der Waals surface area contributed by atoms with Crippen LogP contribution in [0, 0.1) is 13.2 Å². The van der Waals surface area contributed by atoms with Gasteiger partial charge in [0.1, 0.15) is 12.8 Å². The minimum Gasteiger partial charge on any atom is -0.482 e. The fraction of sp³-hybridized carbons (Fsp3) is 0. The molecule has 0 aromatic heterocycles. The molecule has 6 heavy (non-hydrogen) atoms. The molecule has 2 heteroatoms. The van der Waals surface area contributed by atoms with Gasteiger partial charge in [0.25, 0.3) is 0 Å². The minimum absolute atomic E-state index is 1.48.